The average Bonchev–Trinajstić information content (AvgIpc) is 2.61. The molecule has 0 aromatic rings. The van der Waals surface area contributed by atoms with Gasteiger partial charge in [0.25, 0.3) is 0 Å². The molecular formula is C26H56O3Si2. The molecule has 5 heteroatoms. The lowest BCUT2D eigenvalue weighted by atomic mass is 10.1. The SMILES string of the molecule is CCCCC/C=C/[C@@H](O)C[C@@H](CO[Si](C)(C)C(C)(C)C)O[Si](C(C)C)(C(C)C)C(C)C. The van der Waals surface area contributed by atoms with Gasteiger partial charge in [-0.1, -0.05) is 94.2 Å². The van der Waals surface area contributed by atoms with Crippen LogP contribution in [-0.2, 0) is 8.85 Å². The molecule has 0 rings (SSSR count). The van der Waals surface area contributed by atoms with E-state index in [-0.39, 0.29) is 11.1 Å². The molecule has 0 saturated heterocycles. The summed E-state index contributed by atoms with van der Waals surface area (Å²) < 4.78 is 13.7. The summed E-state index contributed by atoms with van der Waals surface area (Å²) >= 11 is 0. The van der Waals surface area contributed by atoms with Gasteiger partial charge in [0.1, 0.15) is 0 Å². The highest BCUT2D eigenvalue weighted by molar-refractivity contribution is 6.77. The Kier molecular flexibility index (Phi) is 13.7. The van der Waals surface area contributed by atoms with Crippen molar-refractivity contribution in [1.29, 1.82) is 0 Å². The molecule has 3 nitrogen and oxygen atoms in total. The van der Waals surface area contributed by atoms with E-state index in [1.54, 1.807) is 0 Å². The first-order chi connectivity index (χ1) is 14.1. The third-order valence-electron chi connectivity index (χ3n) is 7.35. The monoisotopic (exact) mass is 472 g/mol. The van der Waals surface area contributed by atoms with E-state index in [1.165, 1.54) is 19.3 Å². The van der Waals surface area contributed by atoms with Crippen molar-refractivity contribution in [3.63, 3.8) is 0 Å². The molecule has 0 radical (unpaired) electrons. The van der Waals surface area contributed by atoms with Gasteiger partial charge in [0, 0.05) is 6.42 Å². The zero-order valence-electron chi connectivity index (χ0n) is 23.0. The van der Waals surface area contributed by atoms with Gasteiger partial charge in [-0.05, 0) is 47.6 Å². The molecule has 0 unspecified atom stereocenters. The van der Waals surface area contributed by atoms with Gasteiger partial charge in [0.05, 0.1) is 18.8 Å². The van der Waals surface area contributed by atoms with E-state index in [4.69, 9.17) is 8.85 Å². The van der Waals surface area contributed by atoms with E-state index >= 15 is 0 Å². The Morgan fingerprint density at radius 2 is 1.42 bits per heavy atom. The molecule has 0 heterocycles. The van der Waals surface area contributed by atoms with Crippen molar-refractivity contribution in [3.05, 3.63) is 12.2 Å². The summed E-state index contributed by atoms with van der Waals surface area (Å²) in [5.74, 6) is 0. The van der Waals surface area contributed by atoms with Crippen molar-refractivity contribution in [2.45, 2.75) is 148 Å². The number of hydrogen-bond donors (Lipinski definition) is 1. The minimum atomic E-state index is -2.05. The van der Waals surface area contributed by atoms with E-state index < -0.39 is 22.7 Å². The van der Waals surface area contributed by atoms with E-state index in [9.17, 15) is 5.11 Å². The molecule has 0 saturated carbocycles. The number of hydrogen-bond acceptors (Lipinski definition) is 3. The number of rotatable bonds is 15. The lowest BCUT2D eigenvalue weighted by Crippen LogP contribution is -2.52. The average molecular weight is 473 g/mol. The summed E-state index contributed by atoms with van der Waals surface area (Å²) in [6.07, 6.45) is 8.89. The third-order valence-corrected chi connectivity index (χ3v) is 18.0. The van der Waals surface area contributed by atoms with Crippen molar-refractivity contribution in [2.75, 3.05) is 6.61 Å². The van der Waals surface area contributed by atoms with Crippen molar-refractivity contribution in [1.82, 2.24) is 0 Å². The Hall–Kier alpha value is 0.0538. The minimum absolute atomic E-state index is 0.0664. The molecule has 0 aliphatic carbocycles. The predicted molar refractivity (Wildman–Crippen MR) is 143 cm³/mol. The van der Waals surface area contributed by atoms with Crippen molar-refractivity contribution in [2.24, 2.45) is 0 Å². The van der Waals surface area contributed by atoms with E-state index in [0.717, 1.165) is 6.42 Å². The highest BCUT2D eigenvalue weighted by Crippen LogP contribution is 2.44. The fraction of sp³-hybridized carbons (Fsp3) is 0.923. The third kappa shape index (κ3) is 9.83. The topological polar surface area (TPSA) is 38.7 Å². The van der Waals surface area contributed by atoms with Crippen molar-refractivity contribution >= 4 is 16.6 Å². The lowest BCUT2D eigenvalue weighted by Gasteiger charge is -2.46. The molecule has 0 bridgehead atoms. The molecule has 0 aliphatic rings. The molecule has 0 aromatic heterocycles. The Bertz CT molecular complexity index is 485. The van der Waals surface area contributed by atoms with E-state index in [1.807, 2.05) is 6.08 Å². The summed E-state index contributed by atoms with van der Waals surface area (Å²) in [7, 11) is -3.93. The molecular weight excluding hydrogens is 416 g/mol. The Labute approximate surface area is 197 Å². The van der Waals surface area contributed by atoms with Crippen molar-refractivity contribution in [3.8, 4) is 0 Å². The fourth-order valence-electron chi connectivity index (χ4n) is 4.48. The molecule has 31 heavy (non-hydrogen) atoms. The second kappa shape index (κ2) is 13.7. The molecule has 1 N–H and O–H groups in total. The Morgan fingerprint density at radius 1 is 0.903 bits per heavy atom. The maximum Gasteiger partial charge on any atom is 0.200 e. The largest absolute Gasteiger partial charge is 0.414 e. The molecule has 0 aromatic carbocycles. The minimum Gasteiger partial charge on any atom is -0.414 e. The molecule has 186 valence electrons. The zero-order chi connectivity index (χ0) is 24.5. The van der Waals surface area contributed by atoms with Gasteiger partial charge in [0.15, 0.2) is 8.32 Å². The van der Waals surface area contributed by atoms with Crippen LogP contribution < -0.4 is 0 Å². The van der Waals surface area contributed by atoms with Crippen LogP contribution in [0.5, 0.6) is 0 Å². The highest BCUT2D eigenvalue weighted by atomic mass is 28.4. The molecule has 2 atom stereocenters. The number of aliphatic hydroxyl groups excluding tert-OH is 1. The fourth-order valence-corrected chi connectivity index (χ4v) is 11.1. The highest BCUT2D eigenvalue weighted by Gasteiger charge is 2.47. The van der Waals surface area contributed by atoms with Crippen LogP contribution >= 0.6 is 0 Å². The van der Waals surface area contributed by atoms with Crippen LogP contribution in [0.15, 0.2) is 12.2 Å². The van der Waals surface area contributed by atoms with E-state index in [0.29, 0.717) is 29.7 Å². The normalized spacial score (nSPS) is 16.1. The van der Waals surface area contributed by atoms with Crippen LogP contribution in [0.1, 0.15) is 101 Å². The molecule has 0 aliphatic heterocycles. The van der Waals surface area contributed by atoms with Crippen LogP contribution in [-0.4, -0.2) is 40.6 Å². The number of aliphatic hydroxyl groups is 1. The van der Waals surface area contributed by atoms with Crippen LogP contribution in [0.3, 0.4) is 0 Å². The molecule has 0 fully saturated rings. The van der Waals surface area contributed by atoms with Crippen LogP contribution in [0.4, 0.5) is 0 Å². The summed E-state index contributed by atoms with van der Waals surface area (Å²) in [5, 5.41) is 10.9. The second-order valence-corrected chi connectivity index (χ2v) is 22.1. The van der Waals surface area contributed by atoms with Gasteiger partial charge in [-0.2, -0.15) is 0 Å². The first-order valence-electron chi connectivity index (χ1n) is 12.8. The summed E-state index contributed by atoms with van der Waals surface area (Å²) in [6, 6.07) is 0. The quantitative estimate of drug-likeness (QED) is 0.147. The maximum absolute atomic E-state index is 10.8. The van der Waals surface area contributed by atoms with Crippen LogP contribution in [0, 0.1) is 0 Å². The van der Waals surface area contributed by atoms with Gasteiger partial charge in [-0.25, -0.2) is 0 Å². The van der Waals surface area contributed by atoms with Gasteiger partial charge in [0.2, 0.25) is 8.32 Å². The second-order valence-electron chi connectivity index (χ2n) is 11.9. The van der Waals surface area contributed by atoms with Crippen LogP contribution in [0.2, 0.25) is 34.8 Å². The zero-order valence-corrected chi connectivity index (χ0v) is 25.0. The standard InChI is InChI=1S/C26H56O3Si2/c1-13-14-15-16-17-18-24(27)19-25(20-28-30(11,12)26(8,9)10)29-31(21(2)3,22(4)5)23(6)7/h17-18,21-25,27H,13-16,19-20H2,1-12H3/b18-17+/t24-,25+/m1/s1. The maximum atomic E-state index is 10.8. The van der Waals surface area contributed by atoms with Crippen molar-refractivity contribution < 1.29 is 14.0 Å². The van der Waals surface area contributed by atoms with Gasteiger partial charge in [-0.15, -0.1) is 0 Å². The van der Waals surface area contributed by atoms with Gasteiger partial charge < -0.3 is 14.0 Å². The van der Waals surface area contributed by atoms with Gasteiger partial charge in [-0.3, -0.25) is 0 Å². The molecule has 0 spiro atoms. The predicted octanol–water partition coefficient (Wildman–Crippen LogP) is 8.46. The Balaban J connectivity index is 5.56. The Morgan fingerprint density at radius 3 is 1.84 bits per heavy atom. The summed E-state index contributed by atoms with van der Waals surface area (Å²) in [6.45, 7) is 28.2. The van der Waals surface area contributed by atoms with Gasteiger partial charge >= 0.3 is 0 Å². The summed E-state index contributed by atoms with van der Waals surface area (Å²) in [5.41, 5.74) is 1.55. The number of unbranched alkanes of at least 4 members (excludes halogenated alkanes) is 3. The first-order valence-corrected chi connectivity index (χ1v) is 17.8. The smallest absolute Gasteiger partial charge is 0.200 e. The molecule has 0 amide bonds. The van der Waals surface area contributed by atoms with Crippen LogP contribution in [0.25, 0.3) is 0 Å². The van der Waals surface area contributed by atoms with E-state index in [2.05, 4.69) is 88.4 Å². The first kappa shape index (κ1) is 31.1. The number of allylic oxidation sites excluding steroid dienone is 1. The lowest BCUT2D eigenvalue weighted by molar-refractivity contribution is 0.0635. The summed E-state index contributed by atoms with van der Waals surface area (Å²) in [4.78, 5) is 0.